The van der Waals surface area contributed by atoms with E-state index >= 15 is 0 Å². The van der Waals surface area contributed by atoms with Crippen LogP contribution in [0.2, 0.25) is 0 Å². The molecule has 0 radical (unpaired) electrons. The van der Waals surface area contributed by atoms with Crippen molar-refractivity contribution in [1.82, 2.24) is 10.2 Å². The molecule has 16 heavy (non-hydrogen) atoms. The smallest absolute Gasteiger partial charge is 0.227 e. The monoisotopic (exact) mass is 264 g/mol. The maximum absolute atomic E-state index is 11.2. The fourth-order valence-corrected chi connectivity index (χ4v) is 1.84. The molecule has 1 aromatic rings. The number of aromatic nitrogens is 2. The minimum Gasteiger partial charge on any atom is -0.330 e. The molecule has 0 aliphatic carbocycles. The molecule has 0 saturated heterocycles. The van der Waals surface area contributed by atoms with Crippen molar-refractivity contribution in [3.63, 3.8) is 0 Å². The van der Waals surface area contributed by atoms with Gasteiger partial charge in [0.25, 0.3) is 0 Å². The summed E-state index contributed by atoms with van der Waals surface area (Å²) in [6.07, 6.45) is 3.49. The minimum absolute atomic E-state index is 0. The van der Waals surface area contributed by atoms with E-state index in [1.165, 1.54) is 11.3 Å². The van der Waals surface area contributed by atoms with Gasteiger partial charge in [0.2, 0.25) is 11.0 Å². The first-order chi connectivity index (χ1) is 7.26. The number of halogens is 1. The number of nitrogens with two attached hydrogens (primary N) is 1. The zero-order valence-corrected chi connectivity index (χ0v) is 10.9. The number of nitrogens with zero attached hydrogens (tertiary/aromatic N) is 2. The maximum Gasteiger partial charge on any atom is 0.227 e. The standard InChI is InChI=1S/C9H16N4OS.ClH/c1-2-3-4-8-12-13-9(15-8)11-7(14)5-6-10;/h2-6,10H2,1H3,(H,11,13,14);1H. The largest absolute Gasteiger partial charge is 0.330 e. The molecule has 0 aliphatic heterocycles. The lowest BCUT2D eigenvalue weighted by molar-refractivity contribution is -0.116. The van der Waals surface area contributed by atoms with Gasteiger partial charge < -0.3 is 11.1 Å². The van der Waals surface area contributed by atoms with Crippen molar-refractivity contribution in [3.05, 3.63) is 5.01 Å². The SMILES string of the molecule is CCCCc1nnc(NC(=O)CCN)s1.Cl. The molecular formula is C9H17ClN4OS. The van der Waals surface area contributed by atoms with Crippen LogP contribution in [0.1, 0.15) is 31.2 Å². The predicted molar refractivity (Wildman–Crippen MR) is 68.1 cm³/mol. The number of hydrogen-bond donors (Lipinski definition) is 2. The highest BCUT2D eigenvalue weighted by atomic mass is 35.5. The number of aryl methyl sites for hydroxylation is 1. The molecule has 0 saturated carbocycles. The second-order valence-corrected chi connectivity index (χ2v) is 4.25. The Hall–Kier alpha value is -0.720. The van der Waals surface area contributed by atoms with Gasteiger partial charge in [-0.05, 0) is 6.42 Å². The fourth-order valence-electron chi connectivity index (χ4n) is 1.05. The van der Waals surface area contributed by atoms with Crippen LogP contribution >= 0.6 is 23.7 Å². The number of hydrogen-bond acceptors (Lipinski definition) is 5. The van der Waals surface area contributed by atoms with Crippen molar-refractivity contribution in [2.75, 3.05) is 11.9 Å². The van der Waals surface area contributed by atoms with Gasteiger partial charge in [-0.1, -0.05) is 24.7 Å². The van der Waals surface area contributed by atoms with Crippen LogP contribution < -0.4 is 11.1 Å². The molecule has 1 aromatic heterocycles. The predicted octanol–water partition coefficient (Wildman–Crippen LogP) is 1.59. The number of unbranched alkanes of at least 4 members (excludes halogenated alkanes) is 1. The van der Waals surface area contributed by atoms with E-state index < -0.39 is 0 Å². The molecule has 0 atom stereocenters. The van der Waals surface area contributed by atoms with E-state index in [1.54, 1.807) is 0 Å². The average molecular weight is 265 g/mol. The number of anilines is 1. The van der Waals surface area contributed by atoms with Gasteiger partial charge in [-0.15, -0.1) is 22.6 Å². The highest BCUT2D eigenvalue weighted by Crippen LogP contribution is 2.16. The molecule has 1 heterocycles. The first kappa shape index (κ1) is 15.3. The summed E-state index contributed by atoms with van der Waals surface area (Å²) in [5, 5.41) is 12.1. The van der Waals surface area contributed by atoms with Crippen LogP contribution in [0.25, 0.3) is 0 Å². The lowest BCUT2D eigenvalue weighted by atomic mass is 10.3. The zero-order valence-electron chi connectivity index (χ0n) is 9.23. The molecule has 7 heteroatoms. The van der Waals surface area contributed by atoms with Crippen molar-refractivity contribution >= 4 is 34.8 Å². The van der Waals surface area contributed by atoms with Gasteiger partial charge in [-0.3, -0.25) is 4.79 Å². The van der Waals surface area contributed by atoms with Crippen LogP contribution in [-0.4, -0.2) is 22.6 Å². The molecule has 0 fully saturated rings. The van der Waals surface area contributed by atoms with E-state index in [1.807, 2.05) is 0 Å². The van der Waals surface area contributed by atoms with E-state index in [0.717, 1.165) is 24.3 Å². The molecule has 3 N–H and O–H groups in total. The van der Waals surface area contributed by atoms with E-state index in [4.69, 9.17) is 5.73 Å². The summed E-state index contributed by atoms with van der Waals surface area (Å²) in [6.45, 7) is 2.48. The first-order valence-electron chi connectivity index (χ1n) is 5.08. The summed E-state index contributed by atoms with van der Waals surface area (Å²) in [7, 11) is 0. The maximum atomic E-state index is 11.2. The van der Waals surface area contributed by atoms with E-state index in [0.29, 0.717) is 18.1 Å². The number of carbonyl (C=O) groups excluding carboxylic acids is 1. The Kier molecular flexibility index (Phi) is 8.05. The van der Waals surface area contributed by atoms with Gasteiger partial charge in [0, 0.05) is 19.4 Å². The van der Waals surface area contributed by atoms with Crippen LogP contribution in [0.5, 0.6) is 0 Å². The minimum atomic E-state index is -0.101. The Morgan fingerprint density at radius 2 is 2.25 bits per heavy atom. The molecule has 1 amide bonds. The summed E-state index contributed by atoms with van der Waals surface area (Å²) in [5.41, 5.74) is 5.26. The third-order valence-corrected chi connectivity index (χ3v) is 2.73. The van der Waals surface area contributed by atoms with Crippen molar-refractivity contribution in [1.29, 1.82) is 0 Å². The van der Waals surface area contributed by atoms with Crippen molar-refractivity contribution < 1.29 is 4.79 Å². The second-order valence-electron chi connectivity index (χ2n) is 3.19. The van der Waals surface area contributed by atoms with Gasteiger partial charge >= 0.3 is 0 Å². The summed E-state index contributed by atoms with van der Waals surface area (Å²) < 4.78 is 0. The van der Waals surface area contributed by atoms with E-state index in [9.17, 15) is 4.79 Å². The topological polar surface area (TPSA) is 80.9 Å². The molecular weight excluding hydrogens is 248 g/mol. The van der Waals surface area contributed by atoms with Gasteiger partial charge in [0.15, 0.2) is 0 Å². The number of rotatable bonds is 6. The Balaban J connectivity index is 0.00000225. The quantitative estimate of drug-likeness (QED) is 0.818. The van der Waals surface area contributed by atoms with Gasteiger partial charge in [0.05, 0.1) is 0 Å². The number of amides is 1. The normalized spacial score (nSPS) is 9.62. The average Bonchev–Trinajstić information content (AvgIpc) is 2.63. The van der Waals surface area contributed by atoms with Crippen LogP contribution in [0.4, 0.5) is 5.13 Å². The number of carbonyl (C=O) groups is 1. The molecule has 0 aliphatic rings. The summed E-state index contributed by atoms with van der Waals surface area (Å²) in [6, 6.07) is 0. The summed E-state index contributed by atoms with van der Waals surface area (Å²) in [5.74, 6) is -0.101. The lowest BCUT2D eigenvalue weighted by Crippen LogP contribution is -2.15. The van der Waals surface area contributed by atoms with Crippen LogP contribution in [0.15, 0.2) is 0 Å². The molecule has 92 valence electrons. The molecule has 1 rings (SSSR count). The second kappa shape index (κ2) is 8.43. The third-order valence-electron chi connectivity index (χ3n) is 1.83. The van der Waals surface area contributed by atoms with Crippen molar-refractivity contribution in [3.8, 4) is 0 Å². The fraction of sp³-hybridized carbons (Fsp3) is 0.667. The van der Waals surface area contributed by atoms with Crippen LogP contribution in [-0.2, 0) is 11.2 Å². The molecule has 0 bridgehead atoms. The highest BCUT2D eigenvalue weighted by Gasteiger charge is 2.06. The summed E-state index contributed by atoms with van der Waals surface area (Å²) >= 11 is 1.43. The van der Waals surface area contributed by atoms with Gasteiger partial charge in [-0.2, -0.15) is 0 Å². The van der Waals surface area contributed by atoms with E-state index in [2.05, 4.69) is 22.4 Å². The first-order valence-corrected chi connectivity index (χ1v) is 5.90. The van der Waals surface area contributed by atoms with Crippen molar-refractivity contribution in [2.45, 2.75) is 32.6 Å². The number of nitrogens with one attached hydrogen (secondary N) is 1. The third kappa shape index (κ3) is 5.39. The Morgan fingerprint density at radius 1 is 1.50 bits per heavy atom. The Morgan fingerprint density at radius 3 is 2.88 bits per heavy atom. The summed E-state index contributed by atoms with van der Waals surface area (Å²) in [4.78, 5) is 11.2. The van der Waals surface area contributed by atoms with Gasteiger partial charge in [0.1, 0.15) is 5.01 Å². The van der Waals surface area contributed by atoms with Crippen molar-refractivity contribution in [2.24, 2.45) is 5.73 Å². The van der Waals surface area contributed by atoms with E-state index in [-0.39, 0.29) is 18.3 Å². The Labute approximate surface area is 105 Å². The molecule has 5 nitrogen and oxygen atoms in total. The molecule has 0 aromatic carbocycles. The van der Waals surface area contributed by atoms with Crippen LogP contribution in [0, 0.1) is 0 Å². The Bertz CT molecular complexity index is 318. The lowest BCUT2D eigenvalue weighted by Gasteiger charge is -1.96. The van der Waals surface area contributed by atoms with Gasteiger partial charge in [-0.25, -0.2) is 0 Å². The molecule has 0 unspecified atom stereocenters. The van der Waals surface area contributed by atoms with Crippen LogP contribution in [0.3, 0.4) is 0 Å². The molecule has 0 spiro atoms. The zero-order chi connectivity index (χ0) is 11.1. The highest BCUT2D eigenvalue weighted by molar-refractivity contribution is 7.15.